The number of hydrogen-bond acceptors (Lipinski definition) is 7. The largest absolute Gasteiger partial charge is 0.508 e. The zero-order valence-corrected chi connectivity index (χ0v) is 17.1. The van der Waals surface area contributed by atoms with Crippen LogP contribution in [0.25, 0.3) is 10.6 Å². The van der Waals surface area contributed by atoms with E-state index in [1.54, 1.807) is 6.07 Å². The summed E-state index contributed by atoms with van der Waals surface area (Å²) in [5, 5.41) is 10.7. The molecule has 0 amide bonds. The number of rotatable bonds is 5. The molecule has 7 heteroatoms. The fraction of sp³-hybridized carbons (Fsp3) is 0.333. The first-order valence-electron chi connectivity index (χ1n) is 9.45. The van der Waals surface area contributed by atoms with Crippen LogP contribution < -0.4 is 9.80 Å². The minimum absolute atomic E-state index is 0.325. The molecular weight excluding hydrogens is 370 g/mol. The zero-order chi connectivity index (χ0) is 19.5. The molecule has 1 saturated heterocycles. The molecule has 1 aromatic heterocycles. The highest BCUT2D eigenvalue weighted by atomic mass is 32.1. The van der Waals surface area contributed by atoms with Gasteiger partial charge in [0.2, 0.25) is 5.95 Å². The monoisotopic (exact) mass is 395 g/mol. The number of phenolic OH excluding ortho intramolecular Hbond substituents is 1. The number of hydrogen-bond donors (Lipinski definition) is 1. The maximum atomic E-state index is 9.69. The van der Waals surface area contributed by atoms with E-state index < -0.39 is 0 Å². The van der Waals surface area contributed by atoms with Crippen LogP contribution in [0.2, 0.25) is 0 Å². The van der Waals surface area contributed by atoms with Crippen molar-refractivity contribution in [3.05, 3.63) is 54.1 Å². The van der Waals surface area contributed by atoms with Crippen molar-refractivity contribution in [2.45, 2.75) is 6.54 Å². The maximum absolute atomic E-state index is 9.69. The predicted molar refractivity (Wildman–Crippen MR) is 115 cm³/mol. The van der Waals surface area contributed by atoms with E-state index in [1.165, 1.54) is 17.1 Å². The highest BCUT2D eigenvalue weighted by Gasteiger charge is 2.18. The molecule has 0 aliphatic carbocycles. The molecule has 1 aliphatic rings. The van der Waals surface area contributed by atoms with Crippen LogP contribution in [0.5, 0.6) is 5.75 Å². The van der Waals surface area contributed by atoms with Gasteiger partial charge in [0.05, 0.1) is 0 Å². The predicted octanol–water partition coefficient (Wildman–Crippen LogP) is 3.30. The van der Waals surface area contributed by atoms with E-state index in [4.69, 9.17) is 0 Å². The fourth-order valence-corrected chi connectivity index (χ4v) is 4.16. The van der Waals surface area contributed by atoms with Gasteiger partial charge >= 0.3 is 0 Å². The van der Waals surface area contributed by atoms with E-state index in [0.717, 1.165) is 54.9 Å². The number of aromatic nitrogens is 2. The number of piperazine rings is 1. The summed E-state index contributed by atoms with van der Waals surface area (Å²) >= 11 is 1.44. The van der Waals surface area contributed by atoms with Gasteiger partial charge in [0.1, 0.15) is 10.8 Å². The molecule has 6 nitrogen and oxygen atoms in total. The molecule has 0 radical (unpaired) electrons. The molecule has 0 atom stereocenters. The van der Waals surface area contributed by atoms with Crippen LogP contribution >= 0.6 is 11.5 Å². The number of nitrogens with zero attached hydrogens (tertiary/aromatic N) is 5. The summed E-state index contributed by atoms with van der Waals surface area (Å²) in [6, 6.07) is 16.1. The van der Waals surface area contributed by atoms with Gasteiger partial charge in [0.15, 0.2) is 0 Å². The van der Waals surface area contributed by atoms with Crippen molar-refractivity contribution in [3.63, 3.8) is 0 Å². The standard InChI is InChI=1S/C21H25N5OS/c1-24(2)21-22-20(28-23-21)17-6-3-5-16(13-17)15-25-9-11-26(12-10-25)18-7-4-8-19(27)14-18/h3-8,13-14,27H,9-12,15H2,1-2H3. The Kier molecular flexibility index (Phi) is 5.45. The summed E-state index contributed by atoms with van der Waals surface area (Å²) in [4.78, 5) is 11.3. The lowest BCUT2D eigenvalue weighted by atomic mass is 10.1. The minimum atomic E-state index is 0.325. The minimum Gasteiger partial charge on any atom is -0.508 e. The van der Waals surface area contributed by atoms with Crippen LogP contribution in [-0.4, -0.2) is 59.6 Å². The second-order valence-electron chi connectivity index (χ2n) is 7.28. The maximum Gasteiger partial charge on any atom is 0.237 e. The Morgan fingerprint density at radius 3 is 2.54 bits per heavy atom. The van der Waals surface area contributed by atoms with Crippen LogP contribution in [0.15, 0.2) is 48.5 Å². The Labute approximate surface area is 169 Å². The topological polar surface area (TPSA) is 55.7 Å². The van der Waals surface area contributed by atoms with Crippen molar-refractivity contribution in [2.75, 3.05) is 50.1 Å². The average molecular weight is 396 g/mol. The lowest BCUT2D eigenvalue weighted by Gasteiger charge is -2.36. The molecule has 2 heterocycles. The SMILES string of the molecule is CN(C)c1nsc(-c2cccc(CN3CCN(c4cccc(O)c4)CC3)c2)n1. The zero-order valence-electron chi connectivity index (χ0n) is 16.2. The molecule has 3 aromatic rings. The van der Waals surface area contributed by atoms with Crippen LogP contribution in [0, 0.1) is 0 Å². The molecule has 1 aliphatic heterocycles. The normalized spacial score (nSPS) is 15.0. The first kappa shape index (κ1) is 18.7. The van der Waals surface area contributed by atoms with Gasteiger partial charge in [-0.15, -0.1) is 0 Å². The van der Waals surface area contributed by atoms with Crippen molar-refractivity contribution >= 4 is 23.2 Å². The summed E-state index contributed by atoms with van der Waals surface area (Å²) in [7, 11) is 3.91. The molecular formula is C21H25N5OS. The van der Waals surface area contributed by atoms with Crippen LogP contribution in [0.3, 0.4) is 0 Å². The van der Waals surface area contributed by atoms with Gasteiger partial charge in [0, 0.05) is 64.1 Å². The van der Waals surface area contributed by atoms with E-state index in [1.807, 2.05) is 31.1 Å². The lowest BCUT2D eigenvalue weighted by Crippen LogP contribution is -2.45. The second kappa shape index (κ2) is 8.16. The molecule has 0 unspecified atom stereocenters. The summed E-state index contributed by atoms with van der Waals surface area (Å²) in [6.07, 6.45) is 0. The molecule has 1 fully saturated rings. The molecule has 2 aromatic carbocycles. The first-order chi connectivity index (χ1) is 13.6. The van der Waals surface area contributed by atoms with Crippen LogP contribution in [0.1, 0.15) is 5.56 Å². The van der Waals surface area contributed by atoms with Gasteiger partial charge in [-0.25, -0.2) is 0 Å². The summed E-state index contributed by atoms with van der Waals surface area (Å²) < 4.78 is 4.40. The summed E-state index contributed by atoms with van der Waals surface area (Å²) in [5.41, 5.74) is 3.51. The Hall–Kier alpha value is -2.64. The van der Waals surface area contributed by atoms with E-state index >= 15 is 0 Å². The Morgan fingerprint density at radius 1 is 1.04 bits per heavy atom. The number of phenols is 1. The summed E-state index contributed by atoms with van der Waals surface area (Å²) in [6.45, 7) is 4.87. The average Bonchev–Trinajstić information content (AvgIpc) is 3.20. The van der Waals surface area contributed by atoms with Crippen molar-refractivity contribution in [3.8, 4) is 16.3 Å². The Balaban J connectivity index is 1.39. The Morgan fingerprint density at radius 2 is 1.82 bits per heavy atom. The smallest absolute Gasteiger partial charge is 0.237 e. The molecule has 0 bridgehead atoms. The van der Waals surface area contributed by atoms with E-state index in [9.17, 15) is 5.11 Å². The second-order valence-corrected chi connectivity index (χ2v) is 8.03. The van der Waals surface area contributed by atoms with Crippen molar-refractivity contribution < 1.29 is 5.11 Å². The quantitative estimate of drug-likeness (QED) is 0.715. The number of aromatic hydroxyl groups is 1. The number of anilines is 2. The van der Waals surface area contributed by atoms with Gasteiger partial charge in [-0.2, -0.15) is 9.36 Å². The third-order valence-electron chi connectivity index (χ3n) is 4.96. The van der Waals surface area contributed by atoms with E-state index in [-0.39, 0.29) is 0 Å². The van der Waals surface area contributed by atoms with Crippen LogP contribution in [-0.2, 0) is 6.54 Å². The van der Waals surface area contributed by atoms with Gasteiger partial charge in [-0.3, -0.25) is 4.90 Å². The van der Waals surface area contributed by atoms with Gasteiger partial charge < -0.3 is 14.9 Å². The van der Waals surface area contributed by atoms with Crippen molar-refractivity contribution in [1.29, 1.82) is 0 Å². The lowest BCUT2D eigenvalue weighted by molar-refractivity contribution is 0.250. The van der Waals surface area contributed by atoms with Crippen molar-refractivity contribution in [2.24, 2.45) is 0 Å². The van der Waals surface area contributed by atoms with E-state index in [0.29, 0.717) is 5.75 Å². The Bertz CT molecular complexity index is 934. The highest BCUT2D eigenvalue weighted by molar-refractivity contribution is 7.09. The van der Waals surface area contributed by atoms with Crippen LogP contribution in [0.4, 0.5) is 11.6 Å². The molecule has 146 valence electrons. The molecule has 28 heavy (non-hydrogen) atoms. The third-order valence-corrected chi connectivity index (χ3v) is 5.72. The van der Waals surface area contributed by atoms with Gasteiger partial charge in [-0.05, 0) is 35.3 Å². The molecule has 4 rings (SSSR count). The number of benzene rings is 2. The van der Waals surface area contributed by atoms with Gasteiger partial charge in [0.25, 0.3) is 0 Å². The van der Waals surface area contributed by atoms with Crippen molar-refractivity contribution in [1.82, 2.24) is 14.3 Å². The fourth-order valence-electron chi connectivity index (χ4n) is 3.43. The third kappa shape index (κ3) is 4.26. The summed E-state index contributed by atoms with van der Waals surface area (Å²) in [5.74, 6) is 1.08. The van der Waals surface area contributed by atoms with Gasteiger partial charge in [-0.1, -0.05) is 24.3 Å². The first-order valence-corrected chi connectivity index (χ1v) is 10.2. The highest BCUT2D eigenvalue weighted by Crippen LogP contribution is 2.26. The molecule has 0 saturated carbocycles. The van der Waals surface area contributed by atoms with E-state index in [2.05, 4.69) is 49.5 Å². The molecule has 0 spiro atoms. The molecule has 1 N–H and O–H groups in total.